The predicted octanol–water partition coefficient (Wildman–Crippen LogP) is 1.91. The Balaban J connectivity index is 2.10. The van der Waals surface area contributed by atoms with Crippen LogP contribution in [0.3, 0.4) is 0 Å². The first-order chi connectivity index (χ1) is 8.25. The molecule has 4 nitrogen and oxygen atoms in total. The number of ketones is 1. The Labute approximate surface area is 100 Å². The fourth-order valence-corrected chi connectivity index (χ4v) is 2.81. The van der Waals surface area contributed by atoms with Crippen molar-refractivity contribution in [3.63, 3.8) is 0 Å². The van der Waals surface area contributed by atoms with Gasteiger partial charge in [0.2, 0.25) is 5.88 Å². The summed E-state index contributed by atoms with van der Waals surface area (Å²) in [6, 6.07) is 1.71. The van der Waals surface area contributed by atoms with Gasteiger partial charge in [-0.05, 0) is 25.7 Å². The fourth-order valence-electron chi connectivity index (χ4n) is 2.81. The van der Waals surface area contributed by atoms with E-state index in [9.17, 15) is 9.90 Å². The third-order valence-corrected chi connectivity index (χ3v) is 3.63. The van der Waals surface area contributed by atoms with E-state index in [2.05, 4.69) is 9.88 Å². The largest absolute Gasteiger partial charge is 0.493 e. The fraction of sp³-hybridized carbons (Fsp3) is 0.538. The average Bonchev–Trinajstić information content (AvgIpc) is 2.83. The number of hydrogen-bond donors (Lipinski definition) is 1. The van der Waals surface area contributed by atoms with Gasteiger partial charge >= 0.3 is 0 Å². The van der Waals surface area contributed by atoms with Gasteiger partial charge in [0.1, 0.15) is 5.69 Å². The molecule has 0 atom stereocenters. The lowest BCUT2D eigenvalue weighted by molar-refractivity contribution is 0.0966. The molecule has 2 heterocycles. The predicted molar refractivity (Wildman–Crippen MR) is 64.6 cm³/mol. The van der Waals surface area contributed by atoms with E-state index in [1.165, 1.54) is 12.8 Å². The monoisotopic (exact) mass is 232 g/mol. The zero-order chi connectivity index (χ0) is 11.8. The van der Waals surface area contributed by atoms with Crippen LogP contribution in [0.15, 0.2) is 6.07 Å². The number of fused-ring (bicyclic) bond motifs is 1. The number of pyridine rings is 1. The van der Waals surface area contributed by atoms with E-state index in [4.69, 9.17) is 0 Å². The number of rotatable bonds is 1. The zero-order valence-corrected chi connectivity index (χ0v) is 9.78. The van der Waals surface area contributed by atoms with E-state index in [1.807, 2.05) is 0 Å². The molecule has 0 radical (unpaired) electrons. The quantitative estimate of drug-likeness (QED) is 0.803. The number of aromatic hydroxyl groups is 1. The van der Waals surface area contributed by atoms with Crippen molar-refractivity contribution in [2.24, 2.45) is 0 Å². The summed E-state index contributed by atoms with van der Waals surface area (Å²) in [7, 11) is 0. The van der Waals surface area contributed by atoms with Crippen LogP contribution < -0.4 is 4.90 Å². The first-order valence-corrected chi connectivity index (χ1v) is 6.27. The molecule has 0 bridgehead atoms. The number of Topliss-reactive ketones (excluding diaryl/α,β-unsaturated/α-hetero) is 1. The molecule has 0 spiro atoms. The summed E-state index contributed by atoms with van der Waals surface area (Å²) in [5.74, 6) is 0.0449. The van der Waals surface area contributed by atoms with Crippen LogP contribution in [-0.2, 0) is 6.42 Å². The van der Waals surface area contributed by atoms with Crippen molar-refractivity contribution in [1.29, 1.82) is 0 Å². The van der Waals surface area contributed by atoms with Gasteiger partial charge in [0.05, 0.1) is 0 Å². The van der Waals surface area contributed by atoms with Crippen LogP contribution in [0.2, 0.25) is 0 Å². The van der Waals surface area contributed by atoms with Crippen LogP contribution in [0.5, 0.6) is 5.88 Å². The Morgan fingerprint density at radius 3 is 2.71 bits per heavy atom. The van der Waals surface area contributed by atoms with Crippen LogP contribution in [-0.4, -0.2) is 29.0 Å². The smallest absolute Gasteiger partial charge is 0.213 e. The van der Waals surface area contributed by atoms with Crippen molar-refractivity contribution in [1.82, 2.24) is 4.98 Å². The van der Waals surface area contributed by atoms with E-state index in [-0.39, 0.29) is 11.7 Å². The molecule has 1 fully saturated rings. The number of carbonyl (C=O) groups excluding carboxylic acids is 1. The molecule has 0 saturated carbocycles. The highest BCUT2D eigenvalue weighted by Gasteiger charge is 2.26. The molecule has 2 aliphatic rings. The summed E-state index contributed by atoms with van der Waals surface area (Å²) in [4.78, 5) is 18.1. The summed E-state index contributed by atoms with van der Waals surface area (Å²) >= 11 is 0. The number of hydrogen-bond acceptors (Lipinski definition) is 4. The van der Waals surface area contributed by atoms with E-state index >= 15 is 0 Å². The van der Waals surface area contributed by atoms with Crippen LogP contribution in [0.1, 0.15) is 41.7 Å². The van der Waals surface area contributed by atoms with E-state index in [0.29, 0.717) is 12.1 Å². The number of carbonyl (C=O) groups is 1. The lowest BCUT2D eigenvalue weighted by Crippen LogP contribution is -2.23. The number of anilines is 1. The van der Waals surface area contributed by atoms with Crippen LogP contribution in [0.4, 0.5) is 5.69 Å². The van der Waals surface area contributed by atoms with Gasteiger partial charge in [-0.2, -0.15) is 0 Å². The Morgan fingerprint density at radius 2 is 1.94 bits per heavy atom. The second-order valence-electron chi connectivity index (χ2n) is 4.80. The molecule has 0 unspecified atom stereocenters. The summed E-state index contributed by atoms with van der Waals surface area (Å²) in [5.41, 5.74) is 2.57. The Kier molecular flexibility index (Phi) is 2.50. The first kappa shape index (κ1) is 10.6. The minimum absolute atomic E-state index is 0.0269. The normalized spacial score (nSPS) is 19.5. The van der Waals surface area contributed by atoms with Crippen molar-refractivity contribution in [3.8, 4) is 5.88 Å². The van der Waals surface area contributed by atoms with Gasteiger partial charge in [0.15, 0.2) is 5.78 Å². The molecule has 1 aliphatic carbocycles. The van der Waals surface area contributed by atoms with Gasteiger partial charge in [-0.1, -0.05) is 0 Å². The van der Waals surface area contributed by atoms with E-state index < -0.39 is 0 Å². The van der Waals surface area contributed by atoms with E-state index in [0.717, 1.165) is 37.2 Å². The van der Waals surface area contributed by atoms with Gasteiger partial charge in [-0.25, -0.2) is 4.98 Å². The topological polar surface area (TPSA) is 53.4 Å². The molecule has 0 amide bonds. The number of nitrogens with zero attached hydrogens (tertiary/aromatic N) is 2. The molecular weight excluding hydrogens is 216 g/mol. The first-order valence-electron chi connectivity index (χ1n) is 6.27. The number of aromatic nitrogens is 1. The second-order valence-corrected chi connectivity index (χ2v) is 4.80. The van der Waals surface area contributed by atoms with Gasteiger partial charge < -0.3 is 10.0 Å². The maximum atomic E-state index is 11.8. The molecule has 1 saturated heterocycles. The van der Waals surface area contributed by atoms with Crippen molar-refractivity contribution < 1.29 is 9.90 Å². The molecular formula is C13H16N2O2. The average molecular weight is 232 g/mol. The highest BCUT2D eigenvalue weighted by Crippen LogP contribution is 2.33. The Morgan fingerprint density at radius 1 is 1.18 bits per heavy atom. The summed E-state index contributed by atoms with van der Waals surface area (Å²) in [6.07, 6.45) is 4.74. The second kappa shape index (κ2) is 4.02. The lowest BCUT2D eigenvalue weighted by atomic mass is 9.93. The third kappa shape index (κ3) is 1.77. The summed E-state index contributed by atoms with van der Waals surface area (Å²) in [6.45, 7) is 2.04. The molecule has 90 valence electrons. The molecule has 1 N–H and O–H groups in total. The Hall–Kier alpha value is -1.58. The summed E-state index contributed by atoms with van der Waals surface area (Å²) < 4.78 is 0. The lowest BCUT2D eigenvalue weighted by Gasteiger charge is -2.25. The van der Waals surface area contributed by atoms with Crippen molar-refractivity contribution in [2.45, 2.75) is 32.1 Å². The van der Waals surface area contributed by atoms with Crippen molar-refractivity contribution in [3.05, 3.63) is 17.3 Å². The van der Waals surface area contributed by atoms with Gasteiger partial charge in [0, 0.05) is 36.8 Å². The van der Waals surface area contributed by atoms with Gasteiger partial charge in [-0.3, -0.25) is 4.79 Å². The SMILES string of the molecule is O=C1CCCc2c(N3CCCC3)cc(O)nc21. The molecule has 0 aromatic carbocycles. The molecule has 17 heavy (non-hydrogen) atoms. The maximum Gasteiger partial charge on any atom is 0.213 e. The van der Waals surface area contributed by atoms with Gasteiger partial charge in [0.25, 0.3) is 0 Å². The summed E-state index contributed by atoms with van der Waals surface area (Å²) in [5, 5.41) is 9.66. The molecule has 1 aromatic heterocycles. The van der Waals surface area contributed by atoms with Crippen LogP contribution in [0, 0.1) is 0 Å². The molecule has 1 aliphatic heterocycles. The maximum absolute atomic E-state index is 11.8. The molecule has 4 heteroatoms. The highest BCUT2D eigenvalue weighted by atomic mass is 16.3. The van der Waals surface area contributed by atoms with Crippen LogP contribution in [0.25, 0.3) is 0 Å². The standard InChI is InChI=1S/C13H16N2O2/c16-11-5-3-4-9-10(15-6-1-2-7-15)8-12(17)14-13(9)11/h8H,1-7H2,(H,14,17). The molecule has 1 aromatic rings. The Bertz CT molecular complexity index is 465. The minimum atomic E-state index is -0.0269. The van der Waals surface area contributed by atoms with Crippen molar-refractivity contribution in [2.75, 3.05) is 18.0 Å². The van der Waals surface area contributed by atoms with Crippen LogP contribution >= 0.6 is 0 Å². The zero-order valence-electron chi connectivity index (χ0n) is 9.78. The van der Waals surface area contributed by atoms with Crippen molar-refractivity contribution >= 4 is 11.5 Å². The van der Waals surface area contributed by atoms with E-state index in [1.54, 1.807) is 6.07 Å². The highest BCUT2D eigenvalue weighted by molar-refractivity contribution is 5.98. The molecule has 3 rings (SSSR count). The minimum Gasteiger partial charge on any atom is -0.493 e. The van der Waals surface area contributed by atoms with Gasteiger partial charge in [-0.15, -0.1) is 0 Å². The third-order valence-electron chi connectivity index (χ3n) is 3.63.